The highest BCUT2D eigenvalue weighted by Gasteiger charge is 2.16. The number of imidazole rings is 1. The van der Waals surface area contributed by atoms with Gasteiger partial charge >= 0.3 is 0 Å². The second-order valence-corrected chi connectivity index (χ2v) is 4.99. The third-order valence-electron chi connectivity index (χ3n) is 3.18. The summed E-state index contributed by atoms with van der Waals surface area (Å²) in [4.78, 5) is 4.37. The van der Waals surface area contributed by atoms with E-state index in [1.165, 1.54) is 0 Å². The van der Waals surface area contributed by atoms with Crippen molar-refractivity contribution in [2.45, 2.75) is 19.9 Å². The van der Waals surface area contributed by atoms with Crippen molar-refractivity contribution in [3.8, 4) is 11.4 Å². The molecule has 0 aliphatic carbocycles. The maximum atomic E-state index is 6.29. The highest BCUT2D eigenvalue weighted by Crippen LogP contribution is 2.29. The first-order chi connectivity index (χ1) is 9.81. The number of halogens is 1. The van der Waals surface area contributed by atoms with Gasteiger partial charge in [-0.1, -0.05) is 24.6 Å². The van der Waals surface area contributed by atoms with E-state index < -0.39 is 0 Å². The van der Waals surface area contributed by atoms with E-state index in [4.69, 9.17) is 11.6 Å². The Hall–Kier alpha value is -1.85. The highest BCUT2D eigenvalue weighted by molar-refractivity contribution is 6.32. The Kier molecular flexibility index (Phi) is 3.71. The third kappa shape index (κ3) is 2.30. The molecule has 0 saturated carbocycles. The molecule has 0 aliphatic heterocycles. The first-order valence-corrected chi connectivity index (χ1v) is 7.05. The van der Waals surface area contributed by atoms with Crippen LogP contribution in [0.3, 0.4) is 0 Å². The van der Waals surface area contributed by atoms with Gasteiger partial charge in [-0.05, 0) is 25.1 Å². The maximum absolute atomic E-state index is 6.29. The van der Waals surface area contributed by atoms with Crippen molar-refractivity contribution >= 4 is 17.2 Å². The maximum Gasteiger partial charge on any atom is 0.157 e. The molecule has 104 valence electrons. The van der Waals surface area contributed by atoms with Crippen molar-refractivity contribution in [3.05, 3.63) is 41.3 Å². The SMILES string of the molecule is CCCNCc1cn[nH]c1-c1c(Cl)nc2ccccn12. The molecule has 5 nitrogen and oxygen atoms in total. The van der Waals surface area contributed by atoms with Crippen LogP contribution in [0.2, 0.25) is 5.15 Å². The minimum absolute atomic E-state index is 0.484. The van der Waals surface area contributed by atoms with Crippen molar-refractivity contribution in [1.29, 1.82) is 0 Å². The van der Waals surface area contributed by atoms with Gasteiger partial charge in [0.1, 0.15) is 11.3 Å². The topological polar surface area (TPSA) is 58.0 Å². The van der Waals surface area contributed by atoms with E-state index in [9.17, 15) is 0 Å². The molecule has 0 atom stereocenters. The minimum atomic E-state index is 0.484. The van der Waals surface area contributed by atoms with Crippen LogP contribution >= 0.6 is 11.6 Å². The molecule has 3 aromatic heterocycles. The number of hydrogen-bond acceptors (Lipinski definition) is 3. The van der Waals surface area contributed by atoms with Crippen molar-refractivity contribution < 1.29 is 0 Å². The van der Waals surface area contributed by atoms with Crippen LogP contribution < -0.4 is 5.32 Å². The van der Waals surface area contributed by atoms with E-state index in [-0.39, 0.29) is 0 Å². The van der Waals surface area contributed by atoms with E-state index in [0.29, 0.717) is 5.15 Å². The van der Waals surface area contributed by atoms with Crippen LogP contribution in [0.4, 0.5) is 0 Å². The van der Waals surface area contributed by atoms with Crippen LogP contribution in [-0.4, -0.2) is 26.1 Å². The molecule has 6 heteroatoms. The molecule has 3 aromatic rings. The lowest BCUT2D eigenvalue weighted by Crippen LogP contribution is -2.14. The Morgan fingerprint density at radius 3 is 3.15 bits per heavy atom. The molecule has 0 amide bonds. The van der Waals surface area contributed by atoms with Gasteiger partial charge in [-0.3, -0.25) is 9.50 Å². The van der Waals surface area contributed by atoms with Crippen LogP contribution in [-0.2, 0) is 6.54 Å². The van der Waals surface area contributed by atoms with Gasteiger partial charge in [0.05, 0.1) is 11.9 Å². The van der Waals surface area contributed by atoms with E-state index in [1.54, 1.807) is 0 Å². The molecule has 0 aromatic carbocycles. The Labute approximate surface area is 122 Å². The molecule has 0 fully saturated rings. The second-order valence-electron chi connectivity index (χ2n) is 4.63. The standard InChI is InChI=1S/C14H16ClN5/c1-2-6-16-8-10-9-17-19-12(10)13-14(15)18-11-5-3-4-7-20(11)13/h3-5,7,9,16H,2,6,8H2,1H3,(H,17,19). The van der Waals surface area contributed by atoms with Crippen LogP contribution in [0.1, 0.15) is 18.9 Å². The van der Waals surface area contributed by atoms with Gasteiger partial charge in [-0.25, -0.2) is 4.98 Å². The zero-order valence-corrected chi connectivity index (χ0v) is 12.0. The van der Waals surface area contributed by atoms with Crippen LogP contribution in [0.25, 0.3) is 17.0 Å². The number of H-pyrrole nitrogens is 1. The number of nitrogens with zero attached hydrogens (tertiary/aromatic N) is 3. The van der Waals surface area contributed by atoms with Gasteiger partial charge in [0.25, 0.3) is 0 Å². The van der Waals surface area contributed by atoms with E-state index >= 15 is 0 Å². The molecule has 0 aliphatic rings. The fraction of sp³-hybridized carbons (Fsp3) is 0.286. The molecular formula is C14H16ClN5. The fourth-order valence-corrected chi connectivity index (χ4v) is 2.51. The number of pyridine rings is 1. The summed E-state index contributed by atoms with van der Waals surface area (Å²) in [7, 11) is 0. The third-order valence-corrected chi connectivity index (χ3v) is 3.45. The van der Waals surface area contributed by atoms with Crippen molar-refractivity contribution in [3.63, 3.8) is 0 Å². The average Bonchev–Trinajstić information content (AvgIpc) is 3.02. The Morgan fingerprint density at radius 2 is 2.30 bits per heavy atom. The van der Waals surface area contributed by atoms with E-state index in [1.807, 2.05) is 35.0 Å². The summed E-state index contributed by atoms with van der Waals surface area (Å²) < 4.78 is 1.97. The number of nitrogens with one attached hydrogen (secondary N) is 2. The summed E-state index contributed by atoms with van der Waals surface area (Å²) in [6.07, 6.45) is 4.88. The Morgan fingerprint density at radius 1 is 1.40 bits per heavy atom. The zero-order valence-electron chi connectivity index (χ0n) is 11.2. The predicted octanol–water partition coefficient (Wildman–Crippen LogP) is 2.88. The molecule has 0 radical (unpaired) electrons. The average molecular weight is 290 g/mol. The van der Waals surface area contributed by atoms with Gasteiger partial charge in [0.2, 0.25) is 0 Å². The van der Waals surface area contributed by atoms with Crippen LogP contribution in [0.5, 0.6) is 0 Å². The molecule has 0 unspecified atom stereocenters. The number of aromatic nitrogens is 4. The number of hydrogen-bond donors (Lipinski definition) is 2. The monoisotopic (exact) mass is 289 g/mol. The Balaban J connectivity index is 2.03. The summed E-state index contributed by atoms with van der Waals surface area (Å²) in [6.45, 7) is 3.88. The van der Waals surface area contributed by atoms with Crippen LogP contribution in [0, 0.1) is 0 Å². The summed E-state index contributed by atoms with van der Waals surface area (Å²) in [5, 5.41) is 11.0. The lowest BCUT2D eigenvalue weighted by atomic mass is 10.2. The molecule has 20 heavy (non-hydrogen) atoms. The van der Waals surface area contributed by atoms with Gasteiger partial charge in [-0.15, -0.1) is 0 Å². The van der Waals surface area contributed by atoms with Gasteiger partial charge in [0, 0.05) is 18.3 Å². The fourth-order valence-electron chi connectivity index (χ4n) is 2.24. The van der Waals surface area contributed by atoms with Gasteiger partial charge < -0.3 is 5.32 Å². The first kappa shape index (κ1) is 13.1. The largest absolute Gasteiger partial charge is 0.313 e. The van der Waals surface area contributed by atoms with Crippen LogP contribution in [0.15, 0.2) is 30.6 Å². The molecule has 3 rings (SSSR count). The molecule has 2 N–H and O–H groups in total. The molecule has 0 bridgehead atoms. The first-order valence-electron chi connectivity index (χ1n) is 6.67. The smallest absolute Gasteiger partial charge is 0.157 e. The van der Waals surface area contributed by atoms with Crippen molar-refractivity contribution in [2.24, 2.45) is 0 Å². The minimum Gasteiger partial charge on any atom is -0.313 e. The quantitative estimate of drug-likeness (QED) is 0.710. The molecule has 3 heterocycles. The number of rotatable bonds is 5. The van der Waals surface area contributed by atoms with Gasteiger partial charge in [0.15, 0.2) is 5.15 Å². The summed E-state index contributed by atoms with van der Waals surface area (Å²) in [5.74, 6) is 0. The highest BCUT2D eigenvalue weighted by atomic mass is 35.5. The van der Waals surface area contributed by atoms with E-state index in [0.717, 1.165) is 42.1 Å². The molecule has 0 spiro atoms. The second kappa shape index (κ2) is 5.64. The molecular weight excluding hydrogens is 274 g/mol. The van der Waals surface area contributed by atoms with Gasteiger partial charge in [-0.2, -0.15) is 5.10 Å². The molecule has 0 saturated heterocycles. The normalized spacial score (nSPS) is 11.3. The summed E-state index contributed by atoms with van der Waals surface area (Å²) in [5.41, 5.74) is 3.69. The summed E-state index contributed by atoms with van der Waals surface area (Å²) in [6, 6.07) is 5.83. The van der Waals surface area contributed by atoms with E-state index in [2.05, 4.69) is 27.4 Å². The number of fused-ring (bicyclic) bond motifs is 1. The Bertz CT molecular complexity index is 715. The lowest BCUT2D eigenvalue weighted by Gasteiger charge is -2.05. The van der Waals surface area contributed by atoms with Crippen molar-refractivity contribution in [2.75, 3.05) is 6.54 Å². The lowest BCUT2D eigenvalue weighted by molar-refractivity contribution is 0.676. The predicted molar refractivity (Wildman–Crippen MR) is 79.8 cm³/mol. The van der Waals surface area contributed by atoms with Crippen molar-refractivity contribution in [1.82, 2.24) is 24.9 Å². The summed E-state index contributed by atoms with van der Waals surface area (Å²) >= 11 is 6.29. The zero-order chi connectivity index (χ0) is 13.9. The number of aromatic amines is 1.